The molecular formula is C34H43N3O5S. The van der Waals surface area contributed by atoms with Crippen molar-refractivity contribution in [3.05, 3.63) is 71.8 Å². The normalized spacial score (nSPS) is 19.2. The Kier molecular flexibility index (Phi) is 10.1. The van der Waals surface area contributed by atoms with Crippen LogP contribution in [0.25, 0.3) is 0 Å². The molecule has 0 aromatic heterocycles. The summed E-state index contributed by atoms with van der Waals surface area (Å²) >= 11 is 1.64. The van der Waals surface area contributed by atoms with Crippen molar-refractivity contribution in [3.8, 4) is 23.0 Å². The minimum Gasteiger partial charge on any atom is -0.497 e. The molecule has 3 aromatic rings. The van der Waals surface area contributed by atoms with Gasteiger partial charge in [0.1, 0.15) is 16.2 Å². The van der Waals surface area contributed by atoms with Crippen molar-refractivity contribution in [2.45, 2.75) is 28.9 Å². The lowest BCUT2D eigenvalue weighted by Gasteiger charge is -2.42. The first kappa shape index (κ1) is 31.0. The average molecular weight is 606 g/mol. The van der Waals surface area contributed by atoms with Gasteiger partial charge in [-0.3, -0.25) is 4.79 Å². The number of amides is 1. The molecule has 9 heteroatoms. The van der Waals surface area contributed by atoms with E-state index < -0.39 is 4.75 Å². The Morgan fingerprint density at radius 2 is 1.44 bits per heavy atom. The van der Waals surface area contributed by atoms with E-state index in [2.05, 4.69) is 28.0 Å². The zero-order valence-electron chi connectivity index (χ0n) is 25.9. The molecule has 0 N–H and O–H groups in total. The molecule has 2 aliphatic rings. The molecule has 8 nitrogen and oxygen atoms in total. The van der Waals surface area contributed by atoms with Crippen LogP contribution in [0.15, 0.2) is 65.6 Å². The smallest absolute Gasteiger partial charge is 0.248 e. The summed E-state index contributed by atoms with van der Waals surface area (Å²) in [6.07, 6.45) is 2.55. The lowest BCUT2D eigenvalue weighted by Crippen LogP contribution is -2.48. The van der Waals surface area contributed by atoms with Crippen molar-refractivity contribution in [1.82, 2.24) is 9.80 Å². The first-order valence-corrected chi connectivity index (χ1v) is 15.7. The SMILES string of the molecule is COc1ccc(OC)c(C2(CCCN3CCN(CCc4ccc(OC)c(OC)c4)CC3)Sc3ccccc3N(C)C2=O)c1. The molecule has 0 spiro atoms. The third-order valence-electron chi connectivity index (χ3n) is 8.64. The van der Waals surface area contributed by atoms with Crippen LogP contribution in [0.2, 0.25) is 0 Å². The van der Waals surface area contributed by atoms with Gasteiger partial charge in [0.05, 0.1) is 34.1 Å². The molecule has 0 saturated carbocycles. The van der Waals surface area contributed by atoms with Crippen LogP contribution in [0, 0.1) is 0 Å². The van der Waals surface area contributed by atoms with Gasteiger partial charge in [-0.15, -0.1) is 11.8 Å². The average Bonchev–Trinajstić information content (AvgIpc) is 3.06. The van der Waals surface area contributed by atoms with Crippen molar-refractivity contribution >= 4 is 23.4 Å². The van der Waals surface area contributed by atoms with Crippen molar-refractivity contribution in [2.75, 3.05) is 79.7 Å². The lowest BCUT2D eigenvalue weighted by molar-refractivity contribution is -0.121. The summed E-state index contributed by atoms with van der Waals surface area (Å²) in [5.74, 6) is 3.03. The second-order valence-electron chi connectivity index (χ2n) is 11.1. The maximum Gasteiger partial charge on any atom is 0.248 e. The van der Waals surface area contributed by atoms with Gasteiger partial charge in [0.2, 0.25) is 5.91 Å². The summed E-state index contributed by atoms with van der Waals surface area (Å²) in [6, 6.07) is 20.1. The van der Waals surface area contributed by atoms with E-state index in [4.69, 9.17) is 18.9 Å². The van der Waals surface area contributed by atoms with Crippen LogP contribution < -0.4 is 23.8 Å². The summed E-state index contributed by atoms with van der Waals surface area (Å²) in [7, 11) is 8.54. The second kappa shape index (κ2) is 13.9. The molecule has 1 unspecified atom stereocenters. The number of para-hydroxylation sites is 1. The highest BCUT2D eigenvalue weighted by Crippen LogP contribution is 2.55. The number of benzene rings is 3. The highest BCUT2D eigenvalue weighted by Gasteiger charge is 2.49. The number of rotatable bonds is 12. The van der Waals surface area contributed by atoms with Crippen LogP contribution in [0.4, 0.5) is 5.69 Å². The van der Waals surface area contributed by atoms with E-state index in [-0.39, 0.29) is 5.91 Å². The molecule has 43 heavy (non-hydrogen) atoms. The molecule has 2 heterocycles. The highest BCUT2D eigenvalue weighted by molar-refractivity contribution is 8.01. The van der Waals surface area contributed by atoms with Gasteiger partial charge in [0, 0.05) is 50.2 Å². The minimum absolute atomic E-state index is 0.0720. The number of hydrogen-bond donors (Lipinski definition) is 0. The number of hydrogen-bond acceptors (Lipinski definition) is 8. The number of piperazine rings is 1. The number of nitrogens with zero attached hydrogens (tertiary/aromatic N) is 3. The summed E-state index contributed by atoms with van der Waals surface area (Å²) in [5.41, 5.74) is 3.06. The molecule has 5 rings (SSSR count). The predicted molar refractivity (Wildman–Crippen MR) is 172 cm³/mol. The van der Waals surface area contributed by atoms with Gasteiger partial charge < -0.3 is 33.6 Å². The Hall–Kier alpha value is -3.40. The Morgan fingerprint density at radius 3 is 2.14 bits per heavy atom. The zero-order valence-corrected chi connectivity index (χ0v) is 26.7. The number of likely N-dealkylation sites (N-methyl/N-ethyl adjacent to an activating group) is 1. The maximum absolute atomic E-state index is 14.2. The third kappa shape index (κ3) is 6.59. The quantitative estimate of drug-likeness (QED) is 0.275. The number of carbonyl (C=O) groups is 1. The van der Waals surface area contributed by atoms with Crippen molar-refractivity contribution in [3.63, 3.8) is 0 Å². The van der Waals surface area contributed by atoms with E-state index in [0.717, 1.165) is 79.8 Å². The Balaban J connectivity index is 1.24. The third-order valence-corrected chi connectivity index (χ3v) is 10.1. The minimum atomic E-state index is -0.815. The van der Waals surface area contributed by atoms with Gasteiger partial charge in [0.25, 0.3) is 0 Å². The predicted octanol–water partition coefficient (Wildman–Crippen LogP) is 5.33. The van der Waals surface area contributed by atoms with Crippen LogP contribution in [0.1, 0.15) is 24.0 Å². The number of thioether (sulfide) groups is 1. The van der Waals surface area contributed by atoms with Crippen molar-refractivity contribution in [1.29, 1.82) is 0 Å². The molecule has 1 saturated heterocycles. The van der Waals surface area contributed by atoms with Gasteiger partial charge >= 0.3 is 0 Å². The fourth-order valence-corrected chi connectivity index (χ4v) is 7.71. The fourth-order valence-electron chi connectivity index (χ4n) is 6.14. The molecule has 0 radical (unpaired) electrons. The van der Waals surface area contributed by atoms with Crippen LogP contribution >= 0.6 is 11.8 Å². The molecule has 0 aliphatic carbocycles. The second-order valence-corrected chi connectivity index (χ2v) is 12.4. The lowest BCUT2D eigenvalue weighted by atomic mass is 9.89. The molecule has 2 aliphatic heterocycles. The van der Waals surface area contributed by atoms with Gasteiger partial charge in [0.15, 0.2) is 11.5 Å². The molecular weight excluding hydrogens is 562 g/mol. The van der Waals surface area contributed by atoms with Crippen molar-refractivity contribution < 1.29 is 23.7 Å². The topological polar surface area (TPSA) is 63.7 Å². The largest absolute Gasteiger partial charge is 0.497 e. The van der Waals surface area contributed by atoms with Crippen LogP contribution in [0.5, 0.6) is 23.0 Å². The van der Waals surface area contributed by atoms with E-state index in [1.165, 1.54) is 5.56 Å². The van der Waals surface area contributed by atoms with Gasteiger partial charge in [-0.2, -0.15) is 0 Å². The molecule has 3 aromatic carbocycles. The van der Waals surface area contributed by atoms with E-state index in [1.807, 2.05) is 54.4 Å². The van der Waals surface area contributed by atoms with Crippen LogP contribution in [-0.4, -0.2) is 90.5 Å². The summed E-state index contributed by atoms with van der Waals surface area (Å²) in [6.45, 7) is 6.06. The van der Waals surface area contributed by atoms with E-state index in [1.54, 1.807) is 40.2 Å². The van der Waals surface area contributed by atoms with E-state index in [9.17, 15) is 4.79 Å². The fraction of sp³-hybridized carbons (Fsp3) is 0.441. The number of ether oxygens (including phenoxy) is 4. The summed E-state index contributed by atoms with van der Waals surface area (Å²) < 4.78 is 21.4. The Morgan fingerprint density at radius 1 is 0.767 bits per heavy atom. The molecule has 0 bridgehead atoms. The monoisotopic (exact) mass is 605 g/mol. The number of fused-ring (bicyclic) bond motifs is 1. The summed E-state index contributed by atoms with van der Waals surface area (Å²) in [5, 5.41) is 0. The standard InChI is InChI=1S/C34H43N3O5S/c1-35-28-9-6-7-10-32(28)43-34(33(35)38,27-24-26(39-2)12-14-29(27)40-3)16-8-17-36-19-21-37(22-20-36)18-15-25-11-13-30(41-4)31(23-25)42-5/h6-7,9-14,23-24H,8,15-22H2,1-5H3. The van der Waals surface area contributed by atoms with E-state index >= 15 is 0 Å². The molecule has 1 atom stereocenters. The van der Waals surface area contributed by atoms with E-state index in [0.29, 0.717) is 17.9 Å². The molecule has 1 fully saturated rings. The van der Waals surface area contributed by atoms with Crippen LogP contribution in [0.3, 0.4) is 0 Å². The Bertz CT molecular complexity index is 1410. The van der Waals surface area contributed by atoms with Crippen LogP contribution in [-0.2, 0) is 16.0 Å². The maximum atomic E-state index is 14.2. The highest BCUT2D eigenvalue weighted by atomic mass is 32.2. The molecule has 230 valence electrons. The first-order chi connectivity index (χ1) is 20.9. The van der Waals surface area contributed by atoms with Gasteiger partial charge in [-0.1, -0.05) is 18.2 Å². The number of anilines is 1. The van der Waals surface area contributed by atoms with Crippen molar-refractivity contribution in [2.24, 2.45) is 0 Å². The number of methoxy groups -OCH3 is 4. The summed E-state index contributed by atoms with van der Waals surface area (Å²) in [4.78, 5) is 22.2. The Labute approximate surface area is 259 Å². The van der Waals surface area contributed by atoms with Gasteiger partial charge in [-0.25, -0.2) is 0 Å². The first-order valence-electron chi connectivity index (χ1n) is 14.9. The number of carbonyl (C=O) groups excluding carboxylic acids is 1. The zero-order chi connectivity index (χ0) is 30.4. The molecule has 1 amide bonds. The van der Waals surface area contributed by atoms with Gasteiger partial charge in [-0.05, 0) is 73.8 Å².